The van der Waals surface area contributed by atoms with Gasteiger partial charge in [-0.3, -0.25) is 0 Å². The van der Waals surface area contributed by atoms with Gasteiger partial charge in [-0.25, -0.2) is 4.79 Å². The summed E-state index contributed by atoms with van der Waals surface area (Å²) < 4.78 is 0.994. The molecule has 0 radical (unpaired) electrons. The van der Waals surface area contributed by atoms with E-state index in [0.717, 1.165) is 11.0 Å². The number of carbonyl (C=O) groups is 1. The second kappa shape index (κ2) is 4.41. The molecule has 0 unspecified atom stereocenters. The number of halogens is 1. The predicted molar refractivity (Wildman–Crippen MR) is 60.0 cm³/mol. The van der Waals surface area contributed by atoms with Crippen LogP contribution < -0.4 is 0 Å². The molecule has 0 aliphatic rings. The van der Waals surface area contributed by atoms with Crippen molar-refractivity contribution >= 4 is 23.5 Å². The number of hydrogen-bond donors (Lipinski definition) is 1. The smallest absolute Gasteiger partial charge is 0.478 e. The fraction of sp³-hybridized carbons (Fsp3) is 0. The minimum atomic E-state index is -1.19. The van der Waals surface area contributed by atoms with E-state index in [-0.39, 0.29) is 16.3 Å². The molecule has 0 bridgehead atoms. The van der Waals surface area contributed by atoms with Crippen LogP contribution in [-0.2, 0) is 0 Å². The maximum atomic E-state index is 11.0. The van der Waals surface area contributed by atoms with E-state index in [0.29, 0.717) is 0 Å². The number of carboxylic acid groups (broad SMARTS) is 1. The Hall–Kier alpha value is -2.48. The molecule has 8 nitrogen and oxygen atoms in total. The lowest BCUT2D eigenvalue weighted by Crippen LogP contribution is -2.06. The summed E-state index contributed by atoms with van der Waals surface area (Å²) >= 11 is 5.75. The lowest BCUT2D eigenvalue weighted by molar-refractivity contribution is -0.394. The molecule has 0 saturated heterocycles. The number of aromatic nitrogens is 3. The van der Waals surface area contributed by atoms with E-state index in [1.54, 1.807) is 0 Å². The summed E-state index contributed by atoms with van der Waals surface area (Å²) in [7, 11) is 0. The quantitative estimate of drug-likeness (QED) is 0.667. The second-order valence-corrected chi connectivity index (χ2v) is 3.65. The first-order valence-corrected chi connectivity index (χ1v) is 4.96. The lowest BCUT2D eigenvalue weighted by atomic mass is 10.2. The van der Waals surface area contributed by atoms with E-state index >= 15 is 0 Å². The summed E-state index contributed by atoms with van der Waals surface area (Å²) in [5.74, 6) is -1.81. The molecule has 1 aromatic carbocycles. The maximum absolute atomic E-state index is 11.0. The van der Waals surface area contributed by atoms with E-state index in [2.05, 4.69) is 10.1 Å². The van der Waals surface area contributed by atoms with Gasteiger partial charge in [-0.1, -0.05) is 16.6 Å². The van der Waals surface area contributed by atoms with Crippen LogP contribution in [0.15, 0.2) is 24.5 Å². The molecule has 92 valence electrons. The van der Waals surface area contributed by atoms with Crippen LogP contribution in [0.5, 0.6) is 0 Å². The molecule has 18 heavy (non-hydrogen) atoms. The summed E-state index contributed by atoms with van der Waals surface area (Å²) in [6, 6.07) is 4.02. The Morgan fingerprint density at radius 2 is 2.22 bits per heavy atom. The zero-order valence-electron chi connectivity index (χ0n) is 8.65. The van der Waals surface area contributed by atoms with Crippen LogP contribution >= 0.6 is 11.6 Å². The third-order valence-corrected chi connectivity index (χ3v) is 2.32. The zero-order chi connectivity index (χ0) is 13.3. The third-order valence-electron chi connectivity index (χ3n) is 2.08. The number of carboxylic acids is 1. The fourth-order valence-electron chi connectivity index (χ4n) is 1.33. The van der Waals surface area contributed by atoms with Crippen LogP contribution in [-0.4, -0.2) is 30.8 Å². The number of nitro groups is 1. The standard InChI is InChI=1S/C9H5ClN4O4/c10-5-1-2-6(8(15)16)7(3-5)13-4-11-9(12-13)14(17)18/h1-4H,(H,15,16). The molecule has 0 saturated carbocycles. The molecule has 1 N–H and O–H groups in total. The molecule has 0 atom stereocenters. The monoisotopic (exact) mass is 268 g/mol. The first-order chi connectivity index (χ1) is 8.49. The van der Waals surface area contributed by atoms with Crippen LogP contribution in [0.2, 0.25) is 5.02 Å². The third kappa shape index (κ3) is 2.13. The molecule has 0 fully saturated rings. The highest BCUT2D eigenvalue weighted by molar-refractivity contribution is 6.30. The van der Waals surface area contributed by atoms with Gasteiger partial charge in [-0.15, -0.1) is 4.68 Å². The van der Waals surface area contributed by atoms with Crippen molar-refractivity contribution in [3.63, 3.8) is 0 Å². The summed E-state index contributed by atoms with van der Waals surface area (Å²) in [5, 5.41) is 23.3. The molecule has 1 heterocycles. The normalized spacial score (nSPS) is 10.3. The topological polar surface area (TPSA) is 111 Å². The molecular formula is C9H5ClN4O4. The molecule has 2 aromatic rings. The summed E-state index contributed by atoms with van der Waals surface area (Å²) in [4.78, 5) is 24.1. The zero-order valence-corrected chi connectivity index (χ0v) is 9.40. The van der Waals surface area contributed by atoms with Crippen molar-refractivity contribution in [2.24, 2.45) is 0 Å². The van der Waals surface area contributed by atoms with Gasteiger partial charge in [0, 0.05) is 10.1 Å². The Balaban J connectivity index is 2.57. The molecule has 0 aliphatic heterocycles. The first kappa shape index (κ1) is 12.0. The molecule has 9 heteroatoms. The minimum Gasteiger partial charge on any atom is -0.478 e. The van der Waals surface area contributed by atoms with Gasteiger partial charge in [0.05, 0.1) is 11.3 Å². The Labute approximate surface area is 105 Å². The van der Waals surface area contributed by atoms with Crippen LogP contribution in [0.4, 0.5) is 5.95 Å². The largest absolute Gasteiger partial charge is 0.491 e. The van der Waals surface area contributed by atoms with Crippen molar-refractivity contribution in [2.75, 3.05) is 0 Å². The van der Waals surface area contributed by atoms with E-state index in [1.807, 2.05) is 0 Å². The number of benzene rings is 1. The van der Waals surface area contributed by atoms with Crippen molar-refractivity contribution in [2.45, 2.75) is 0 Å². The van der Waals surface area contributed by atoms with E-state index in [1.165, 1.54) is 18.2 Å². The molecule has 1 aromatic heterocycles. The van der Waals surface area contributed by atoms with Gasteiger partial charge in [0.1, 0.15) is 0 Å². The fourth-order valence-corrected chi connectivity index (χ4v) is 1.50. The van der Waals surface area contributed by atoms with E-state index in [9.17, 15) is 14.9 Å². The summed E-state index contributed by atoms with van der Waals surface area (Å²) in [5.41, 5.74) is 0.0230. The Morgan fingerprint density at radius 3 is 2.78 bits per heavy atom. The number of nitrogens with zero attached hydrogens (tertiary/aromatic N) is 4. The Morgan fingerprint density at radius 1 is 1.50 bits per heavy atom. The van der Waals surface area contributed by atoms with Crippen molar-refractivity contribution in [1.82, 2.24) is 14.8 Å². The highest BCUT2D eigenvalue weighted by Crippen LogP contribution is 2.20. The minimum absolute atomic E-state index is 0.0841. The highest BCUT2D eigenvalue weighted by atomic mass is 35.5. The Bertz CT molecular complexity index is 639. The van der Waals surface area contributed by atoms with E-state index in [4.69, 9.17) is 16.7 Å². The summed E-state index contributed by atoms with van der Waals surface area (Å²) in [6.07, 6.45) is 1.05. The van der Waals surface area contributed by atoms with Gasteiger partial charge in [-0.2, -0.15) is 0 Å². The van der Waals surface area contributed by atoms with Gasteiger partial charge in [0.25, 0.3) is 0 Å². The van der Waals surface area contributed by atoms with Gasteiger partial charge in [0.2, 0.25) is 6.33 Å². The second-order valence-electron chi connectivity index (χ2n) is 3.21. The summed E-state index contributed by atoms with van der Waals surface area (Å²) in [6.45, 7) is 0. The van der Waals surface area contributed by atoms with Crippen LogP contribution in [0.3, 0.4) is 0 Å². The lowest BCUT2D eigenvalue weighted by Gasteiger charge is -2.02. The van der Waals surface area contributed by atoms with Crippen LogP contribution in [0.1, 0.15) is 10.4 Å². The average Bonchev–Trinajstić information content (AvgIpc) is 2.77. The van der Waals surface area contributed by atoms with Crippen molar-refractivity contribution in [1.29, 1.82) is 0 Å². The van der Waals surface area contributed by atoms with Crippen molar-refractivity contribution in [3.8, 4) is 5.69 Å². The molecule has 0 spiro atoms. The van der Waals surface area contributed by atoms with E-state index < -0.39 is 16.8 Å². The molecule has 0 amide bonds. The SMILES string of the molecule is O=C(O)c1ccc(Cl)cc1-n1cnc([N+](=O)[O-])n1. The van der Waals surface area contributed by atoms with Crippen molar-refractivity contribution in [3.05, 3.63) is 45.2 Å². The number of aromatic carboxylic acids is 1. The van der Waals surface area contributed by atoms with Crippen LogP contribution in [0.25, 0.3) is 5.69 Å². The van der Waals surface area contributed by atoms with Gasteiger partial charge >= 0.3 is 11.9 Å². The first-order valence-electron chi connectivity index (χ1n) is 4.58. The van der Waals surface area contributed by atoms with Gasteiger partial charge in [-0.05, 0) is 23.1 Å². The number of hydrogen-bond acceptors (Lipinski definition) is 5. The average molecular weight is 269 g/mol. The van der Waals surface area contributed by atoms with Gasteiger partial charge in [0.15, 0.2) is 0 Å². The predicted octanol–water partition coefficient (Wildman–Crippen LogP) is 1.53. The maximum Gasteiger partial charge on any atom is 0.491 e. The number of rotatable bonds is 3. The molecule has 0 aliphatic carbocycles. The molecule has 2 rings (SSSR count). The van der Waals surface area contributed by atoms with Crippen LogP contribution in [0, 0.1) is 10.1 Å². The Kier molecular flexibility index (Phi) is 2.94. The van der Waals surface area contributed by atoms with Gasteiger partial charge < -0.3 is 15.2 Å². The van der Waals surface area contributed by atoms with Crippen molar-refractivity contribution < 1.29 is 14.8 Å². The molecular weight excluding hydrogens is 264 g/mol. The highest BCUT2D eigenvalue weighted by Gasteiger charge is 2.19.